The second-order valence-electron chi connectivity index (χ2n) is 5.23. The van der Waals surface area contributed by atoms with Crippen LogP contribution in [0.1, 0.15) is 22.0 Å². The number of pyridine rings is 1. The maximum Gasteiger partial charge on any atom is 0.266 e. The van der Waals surface area contributed by atoms with Gasteiger partial charge in [-0.3, -0.25) is 9.59 Å². The van der Waals surface area contributed by atoms with E-state index in [1.165, 1.54) is 12.3 Å². The third-order valence-corrected chi connectivity index (χ3v) is 4.23. The van der Waals surface area contributed by atoms with Crippen LogP contribution in [0.3, 0.4) is 0 Å². The van der Waals surface area contributed by atoms with Gasteiger partial charge in [-0.15, -0.1) is 0 Å². The van der Waals surface area contributed by atoms with E-state index < -0.39 is 5.56 Å². The minimum atomic E-state index is -0.413. The Kier molecular flexibility index (Phi) is 4.71. The maximum atomic E-state index is 12.6. The number of nitrogens with zero attached hydrogens (tertiary/aromatic N) is 1. The summed E-state index contributed by atoms with van der Waals surface area (Å²) in [4.78, 5) is 28.0. The number of aromatic amines is 1. The van der Waals surface area contributed by atoms with Crippen LogP contribution in [0, 0.1) is 0 Å². The van der Waals surface area contributed by atoms with Crippen molar-refractivity contribution in [3.05, 3.63) is 68.1 Å². The molecule has 1 unspecified atom stereocenters. The van der Waals surface area contributed by atoms with Gasteiger partial charge in [0.1, 0.15) is 11.1 Å². The predicted octanol–water partition coefficient (Wildman–Crippen LogP) is 2.90. The summed E-state index contributed by atoms with van der Waals surface area (Å²) in [6.45, 7) is 1.35. The molecule has 1 aliphatic rings. The SMILES string of the molecule is O=C(c1c[nH]c(=O)c(Cl)c1)N1CCOC(c2ccc(Cl)cc2)C1. The molecule has 1 aliphatic heterocycles. The van der Waals surface area contributed by atoms with E-state index in [1.54, 1.807) is 17.0 Å². The lowest BCUT2D eigenvalue weighted by molar-refractivity contribution is -0.0228. The number of H-pyrrole nitrogens is 1. The Morgan fingerprint density at radius 1 is 1.26 bits per heavy atom. The Labute approximate surface area is 142 Å². The summed E-state index contributed by atoms with van der Waals surface area (Å²) in [5.74, 6) is -0.189. The van der Waals surface area contributed by atoms with Crippen LogP contribution in [-0.2, 0) is 4.74 Å². The van der Waals surface area contributed by atoms with Crippen molar-refractivity contribution in [2.75, 3.05) is 19.7 Å². The van der Waals surface area contributed by atoms with Gasteiger partial charge in [-0.05, 0) is 23.8 Å². The first-order chi connectivity index (χ1) is 11.0. The van der Waals surface area contributed by atoms with Gasteiger partial charge in [0, 0.05) is 17.8 Å². The Bertz CT molecular complexity index is 774. The zero-order chi connectivity index (χ0) is 16.4. The average molecular weight is 353 g/mol. The molecule has 1 atom stereocenters. The van der Waals surface area contributed by atoms with Gasteiger partial charge in [0.15, 0.2) is 0 Å². The molecule has 1 aromatic carbocycles. The van der Waals surface area contributed by atoms with Gasteiger partial charge in [0.2, 0.25) is 0 Å². The molecular weight excluding hydrogens is 339 g/mol. The van der Waals surface area contributed by atoms with Crippen LogP contribution in [-0.4, -0.2) is 35.5 Å². The van der Waals surface area contributed by atoms with E-state index in [-0.39, 0.29) is 17.0 Å². The molecular formula is C16H14Cl2N2O3. The Balaban J connectivity index is 1.77. The van der Waals surface area contributed by atoms with Crippen LogP contribution in [0.15, 0.2) is 41.3 Å². The zero-order valence-electron chi connectivity index (χ0n) is 12.1. The van der Waals surface area contributed by atoms with Crippen LogP contribution in [0.5, 0.6) is 0 Å². The van der Waals surface area contributed by atoms with Crippen molar-refractivity contribution < 1.29 is 9.53 Å². The number of benzene rings is 1. The van der Waals surface area contributed by atoms with Crippen LogP contribution in [0.25, 0.3) is 0 Å². The fraction of sp³-hybridized carbons (Fsp3) is 0.250. The summed E-state index contributed by atoms with van der Waals surface area (Å²) < 4.78 is 5.74. The van der Waals surface area contributed by atoms with Gasteiger partial charge >= 0.3 is 0 Å². The summed E-state index contributed by atoms with van der Waals surface area (Å²) in [5.41, 5.74) is 0.905. The molecule has 23 heavy (non-hydrogen) atoms. The lowest BCUT2D eigenvalue weighted by atomic mass is 10.1. The highest BCUT2D eigenvalue weighted by atomic mass is 35.5. The predicted molar refractivity (Wildman–Crippen MR) is 88.1 cm³/mol. The molecule has 3 rings (SSSR count). The van der Waals surface area contributed by atoms with Crippen LogP contribution < -0.4 is 5.56 Å². The van der Waals surface area contributed by atoms with Gasteiger partial charge < -0.3 is 14.6 Å². The summed E-state index contributed by atoms with van der Waals surface area (Å²) in [6, 6.07) is 8.75. The van der Waals surface area contributed by atoms with Crippen molar-refractivity contribution in [3.8, 4) is 0 Å². The zero-order valence-corrected chi connectivity index (χ0v) is 13.6. The van der Waals surface area contributed by atoms with Crippen molar-refractivity contribution in [1.82, 2.24) is 9.88 Å². The lowest BCUT2D eigenvalue weighted by Gasteiger charge is -2.33. The highest BCUT2D eigenvalue weighted by molar-refractivity contribution is 6.31. The van der Waals surface area contributed by atoms with Gasteiger partial charge in [-0.2, -0.15) is 0 Å². The Morgan fingerprint density at radius 3 is 2.70 bits per heavy atom. The third kappa shape index (κ3) is 3.58. The van der Waals surface area contributed by atoms with Crippen molar-refractivity contribution >= 4 is 29.1 Å². The van der Waals surface area contributed by atoms with E-state index >= 15 is 0 Å². The van der Waals surface area contributed by atoms with E-state index in [2.05, 4.69) is 4.98 Å². The largest absolute Gasteiger partial charge is 0.370 e. The third-order valence-electron chi connectivity index (χ3n) is 3.70. The molecule has 0 radical (unpaired) electrons. The number of carbonyl (C=O) groups excluding carboxylic acids is 1. The minimum absolute atomic E-state index is 0.00152. The normalized spacial score (nSPS) is 18.0. The number of nitrogens with one attached hydrogen (secondary N) is 1. The highest BCUT2D eigenvalue weighted by Crippen LogP contribution is 2.24. The standard InChI is InChI=1S/C16H14Cl2N2O3/c17-12-3-1-10(2-4-12)14-9-20(5-6-23-14)16(22)11-7-13(18)15(21)19-8-11/h1-4,7-8,14H,5-6,9H2,(H,19,21). The van der Waals surface area contributed by atoms with Gasteiger partial charge in [-0.25, -0.2) is 0 Å². The number of amides is 1. The molecule has 2 aromatic rings. The average Bonchev–Trinajstić information content (AvgIpc) is 2.57. The molecule has 0 aliphatic carbocycles. The van der Waals surface area contributed by atoms with Crippen LogP contribution in [0.4, 0.5) is 0 Å². The smallest absolute Gasteiger partial charge is 0.266 e. The van der Waals surface area contributed by atoms with E-state index in [9.17, 15) is 9.59 Å². The number of rotatable bonds is 2. The molecule has 0 bridgehead atoms. The summed E-state index contributed by atoms with van der Waals surface area (Å²) in [7, 11) is 0. The number of ether oxygens (including phenoxy) is 1. The number of morpholine rings is 1. The second kappa shape index (κ2) is 6.74. The van der Waals surface area contributed by atoms with Gasteiger partial charge in [-0.1, -0.05) is 35.3 Å². The van der Waals surface area contributed by atoms with Crippen molar-refractivity contribution in [2.45, 2.75) is 6.10 Å². The molecule has 1 N–H and O–H groups in total. The fourth-order valence-electron chi connectivity index (χ4n) is 2.47. The maximum absolute atomic E-state index is 12.6. The number of aromatic nitrogens is 1. The molecule has 0 spiro atoms. The van der Waals surface area contributed by atoms with E-state index in [0.29, 0.717) is 30.3 Å². The fourth-order valence-corrected chi connectivity index (χ4v) is 2.77. The Hall–Kier alpha value is -1.82. The molecule has 1 saturated heterocycles. The molecule has 1 fully saturated rings. The monoisotopic (exact) mass is 352 g/mol. The summed E-state index contributed by atoms with van der Waals surface area (Å²) in [6.07, 6.45) is 1.17. The second-order valence-corrected chi connectivity index (χ2v) is 6.07. The van der Waals surface area contributed by atoms with E-state index in [1.807, 2.05) is 12.1 Å². The first-order valence-electron chi connectivity index (χ1n) is 7.09. The molecule has 7 heteroatoms. The van der Waals surface area contributed by atoms with E-state index in [4.69, 9.17) is 27.9 Å². The quantitative estimate of drug-likeness (QED) is 0.903. The van der Waals surface area contributed by atoms with Crippen LogP contribution >= 0.6 is 23.2 Å². The molecule has 120 valence electrons. The molecule has 0 saturated carbocycles. The highest BCUT2D eigenvalue weighted by Gasteiger charge is 2.26. The number of hydrogen-bond donors (Lipinski definition) is 1. The molecule has 1 aromatic heterocycles. The van der Waals surface area contributed by atoms with Gasteiger partial charge in [0.25, 0.3) is 11.5 Å². The summed E-state index contributed by atoms with van der Waals surface area (Å²) in [5, 5.41) is 0.652. The van der Waals surface area contributed by atoms with Gasteiger partial charge in [0.05, 0.1) is 18.7 Å². The molecule has 1 amide bonds. The number of halogens is 2. The van der Waals surface area contributed by atoms with Crippen molar-refractivity contribution in [1.29, 1.82) is 0 Å². The van der Waals surface area contributed by atoms with Crippen molar-refractivity contribution in [3.63, 3.8) is 0 Å². The first kappa shape index (κ1) is 16.1. The Morgan fingerprint density at radius 2 is 2.00 bits per heavy atom. The molecule has 5 nitrogen and oxygen atoms in total. The first-order valence-corrected chi connectivity index (χ1v) is 7.85. The van der Waals surface area contributed by atoms with Crippen molar-refractivity contribution in [2.24, 2.45) is 0 Å². The topological polar surface area (TPSA) is 62.4 Å². The molecule has 2 heterocycles. The summed E-state index contributed by atoms with van der Waals surface area (Å²) >= 11 is 11.7. The minimum Gasteiger partial charge on any atom is -0.370 e. The number of carbonyl (C=O) groups is 1. The van der Waals surface area contributed by atoms with Crippen LogP contribution in [0.2, 0.25) is 10.0 Å². The lowest BCUT2D eigenvalue weighted by Crippen LogP contribution is -2.42. The number of hydrogen-bond acceptors (Lipinski definition) is 3. The van der Waals surface area contributed by atoms with E-state index in [0.717, 1.165) is 5.56 Å².